The Hall–Kier alpha value is -1.95. The van der Waals surface area contributed by atoms with E-state index < -0.39 is 10.8 Å². The van der Waals surface area contributed by atoms with E-state index in [0.29, 0.717) is 12.1 Å². The van der Waals surface area contributed by atoms with Gasteiger partial charge in [-0.25, -0.2) is 0 Å². The molecule has 6 nitrogen and oxygen atoms in total. The molecule has 0 radical (unpaired) electrons. The number of amides is 1. The maximum absolute atomic E-state index is 11.8. The number of nitrogens with one attached hydrogen (secondary N) is 2. The van der Waals surface area contributed by atoms with Crippen molar-refractivity contribution in [2.45, 2.75) is 13.3 Å². The summed E-state index contributed by atoms with van der Waals surface area (Å²) in [6, 6.07) is 4.74. The van der Waals surface area contributed by atoms with Crippen LogP contribution >= 0.6 is 0 Å². The summed E-state index contributed by atoms with van der Waals surface area (Å²) in [6.45, 7) is 2.90. The van der Waals surface area contributed by atoms with E-state index in [1.54, 1.807) is 19.1 Å². The molecule has 0 unspecified atom stereocenters. The third-order valence-corrected chi connectivity index (χ3v) is 2.55. The van der Waals surface area contributed by atoms with Gasteiger partial charge in [0.25, 0.3) is 11.6 Å². The van der Waals surface area contributed by atoms with Crippen LogP contribution in [0.5, 0.6) is 0 Å². The van der Waals surface area contributed by atoms with Crippen molar-refractivity contribution in [3.8, 4) is 0 Å². The Balaban J connectivity index is 2.79. The lowest BCUT2D eigenvalue weighted by Crippen LogP contribution is -2.27. The highest BCUT2D eigenvalue weighted by atomic mass is 16.6. The Bertz CT molecular complexity index is 446. The first-order valence-electron chi connectivity index (χ1n) is 5.74. The molecule has 0 aromatic heterocycles. The van der Waals surface area contributed by atoms with Crippen molar-refractivity contribution in [3.05, 3.63) is 39.4 Å². The minimum absolute atomic E-state index is 0.115. The molecule has 2 N–H and O–H groups in total. The highest BCUT2D eigenvalue weighted by molar-refractivity contribution is 5.98. The van der Waals surface area contributed by atoms with E-state index in [2.05, 4.69) is 10.6 Å². The molecule has 18 heavy (non-hydrogen) atoms. The van der Waals surface area contributed by atoms with Crippen LogP contribution in [-0.4, -0.2) is 31.0 Å². The standard InChI is InChI=1S/C12H17N3O3/c1-9-5-3-6-10(11(9)15(17)18)12(16)14-8-4-7-13-2/h3,5-6,13H,4,7-8H2,1-2H3,(H,14,16). The summed E-state index contributed by atoms with van der Waals surface area (Å²) in [5.74, 6) is -0.401. The first kappa shape index (κ1) is 14.1. The molecule has 1 aromatic carbocycles. The van der Waals surface area contributed by atoms with Crippen molar-refractivity contribution < 1.29 is 9.72 Å². The fourth-order valence-corrected chi connectivity index (χ4v) is 1.65. The van der Waals surface area contributed by atoms with E-state index in [0.717, 1.165) is 13.0 Å². The molecule has 6 heteroatoms. The number of nitro groups is 1. The van der Waals surface area contributed by atoms with Gasteiger partial charge in [-0.2, -0.15) is 0 Å². The molecule has 0 fully saturated rings. The Kier molecular flexibility index (Phi) is 5.26. The van der Waals surface area contributed by atoms with Crippen molar-refractivity contribution in [2.75, 3.05) is 20.1 Å². The molecule has 0 spiro atoms. The Morgan fingerprint density at radius 3 is 2.72 bits per heavy atom. The van der Waals surface area contributed by atoms with Gasteiger partial charge in [-0.15, -0.1) is 0 Å². The van der Waals surface area contributed by atoms with E-state index in [9.17, 15) is 14.9 Å². The SMILES string of the molecule is CNCCCNC(=O)c1cccc(C)c1[N+](=O)[O-]. The molecule has 0 saturated carbocycles. The monoisotopic (exact) mass is 251 g/mol. The lowest BCUT2D eigenvalue weighted by molar-refractivity contribution is -0.385. The van der Waals surface area contributed by atoms with Crippen LogP contribution in [0.2, 0.25) is 0 Å². The number of para-hydroxylation sites is 1. The summed E-state index contributed by atoms with van der Waals surface area (Å²) < 4.78 is 0. The second-order valence-corrected chi connectivity index (χ2v) is 3.94. The van der Waals surface area contributed by atoms with Crippen molar-refractivity contribution in [3.63, 3.8) is 0 Å². The van der Waals surface area contributed by atoms with E-state index in [1.807, 2.05) is 7.05 Å². The second kappa shape index (κ2) is 6.70. The minimum atomic E-state index is -0.516. The van der Waals surface area contributed by atoms with Crippen molar-refractivity contribution in [1.29, 1.82) is 0 Å². The van der Waals surface area contributed by atoms with Gasteiger partial charge in [-0.05, 0) is 33.0 Å². The predicted octanol–water partition coefficient (Wildman–Crippen LogP) is 1.24. The van der Waals surface area contributed by atoms with Crippen molar-refractivity contribution >= 4 is 11.6 Å². The number of benzene rings is 1. The van der Waals surface area contributed by atoms with Gasteiger partial charge in [-0.1, -0.05) is 12.1 Å². The number of nitrogens with zero attached hydrogens (tertiary/aromatic N) is 1. The zero-order valence-corrected chi connectivity index (χ0v) is 10.5. The predicted molar refractivity (Wildman–Crippen MR) is 68.7 cm³/mol. The number of rotatable bonds is 6. The molecule has 1 amide bonds. The summed E-state index contributed by atoms with van der Waals surface area (Å²) in [6.07, 6.45) is 0.780. The number of aryl methyl sites for hydroxylation is 1. The third kappa shape index (κ3) is 3.53. The maximum atomic E-state index is 11.8. The Labute approximate surface area is 106 Å². The minimum Gasteiger partial charge on any atom is -0.352 e. The van der Waals surface area contributed by atoms with Gasteiger partial charge in [0.05, 0.1) is 4.92 Å². The fraction of sp³-hybridized carbons (Fsp3) is 0.417. The van der Waals surface area contributed by atoms with Crippen LogP contribution < -0.4 is 10.6 Å². The van der Waals surface area contributed by atoms with Gasteiger partial charge in [0.1, 0.15) is 5.56 Å². The molecule has 98 valence electrons. The molecular weight excluding hydrogens is 234 g/mol. The molecule has 0 heterocycles. The summed E-state index contributed by atoms with van der Waals surface area (Å²) in [7, 11) is 1.83. The number of hydrogen-bond donors (Lipinski definition) is 2. The lowest BCUT2D eigenvalue weighted by Gasteiger charge is -2.06. The molecular formula is C12H17N3O3. The topological polar surface area (TPSA) is 84.3 Å². The first-order chi connectivity index (χ1) is 8.57. The van der Waals surface area contributed by atoms with E-state index in [1.165, 1.54) is 6.07 Å². The largest absolute Gasteiger partial charge is 0.352 e. The maximum Gasteiger partial charge on any atom is 0.285 e. The quantitative estimate of drug-likeness (QED) is 0.452. The van der Waals surface area contributed by atoms with Crippen molar-refractivity contribution in [1.82, 2.24) is 10.6 Å². The summed E-state index contributed by atoms with van der Waals surface area (Å²) in [5.41, 5.74) is 0.482. The molecule has 1 rings (SSSR count). The molecule has 0 aliphatic rings. The van der Waals surface area contributed by atoms with Crippen LogP contribution in [0, 0.1) is 17.0 Å². The molecule has 1 aromatic rings. The first-order valence-corrected chi connectivity index (χ1v) is 5.74. The van der Waals surface area contributed by atoms with Gasteiger partial charge in [-0.3, -0.25) is 14.9 Å². The average Bonchev–Trinajstić information content (AvgIpc) is 2.33. The summed E-state index contributed by atoms with van der Waals surface area (Å²) >= 11 is 0. The third-order valence-electron chi connectivity index (χ3n) is 2.55. The van der Waals surface area contributed by atoms with E-state index in [4.69, 9.17) is 0 Å². The van der Waals surface area contributed by atoms with Crippen LogP contribution in [0.25, 0.3) is 0 Å². The van der Waals surface area contributed by atoms with Gasteiger partial charge < -0.3 is 10.6 Å². The lowest BCUT2D eigenvalue weighted by atomic mass is 10.1. The van der Waals surface area contributed by atoms with Crippen LogP contribution in [0.4, 0.5) is 5.69 Å². The number of carbonyl (C=O) groups is 1. The van der Waals surface area contributed by atoms with Crippen LogP contribution in [0.15, 0.2) is 18.2 Å². The van der Waals surface area contributed by atoms with Crippen LogP contribution in [0.1, 0.15) is 22.3 Å². The molecule has 0 bridgehead atoms. The van der Waals surface area contributed by atoms with E-state index in [-0.39, 0.29) is 11.3 Å². The number of hydrogen-bond acceptors (Lipinski definition) is 4. The fourth-order valence-electron chi connectivity index (χ4n) is 1.65. The average molecular weight is 251 g/mol. The van der Waals surface area contributed by atoms with Gasteiger partial charge in [0, 0.05) is 12.1 Å². The van der Waals surface area contributed by atoms with Gasteiger partial charge in [0.15, 0.2) is 0 Å². The molecule has 0 atom stereocenters. The van der Waals surface area contributed by atoms with E-state index >= 15 is 0 Å². The van der Waals surface area contributed by atoms with Crippen LogP contribution in [-0.2, 0) is 0 Å². The zero-order valence-electron chi connectivity index (χ0n) is 10.5. The Morgan fingerprint density at radius 2 is 2.11 bits per heavy atom. The van der Waals surface area contributed by atoms with Gasteiger partial charge in [0.2, 0.25) is 0 Å². The smallest absolute Gasteiger partial charge is 0.285 e. The number of nitro benzene ring substituents is 1. The summed E-state index contributed by atoms with van der Waals surface area (Å²) in [5, 5.41) is 16.6. The Morgan fingerprint density at radius 1 is 1.39 bits per heavy atom. The van der Waals surface area contributed by atoms with Crippen LogP contribution in [0.3, 0.4) is 0 Å². The van der Waals surface area contributed by atoms with Gasteiger partial charge >= 0.3 is 0 Å². The molecule has 0 aliphatic heterocycles. The second-order valence-electron chi connectivity index (χ2n) is 3.94. The zero-order chi connectivity index (χ0) is 13.5. The highest BCUT2D eigenvalue weighted by Crippen LogP contribution is 2.22. The van der Waals surface area contributed by atoms with Crippen molar-refractivity contribution in [2.24, 2.45) is 0 Å². The summed E-state index contributed by atoms with van der Waals surface area (Å²) in [4.78, 5) is 22.3. The normalized spacial score (nSPS) is 10.1. The number of carbonyl (C=O) groups excluding carboxylic acids is 1. The molecule has 0 aliphatic carbocycles. The highest BCUT2D eigenvalue weighted by Gasteiger charge is 2.21. The molecule has 0 saturated heterocycles.